The van der Waals surface area contributed by atoms with Crippen LogP contribution >= 0.6 is 0 Å². The summed E-state index contributed by atoms with van der Waals surface area (Å²) in [6.45, 7) is 1.26. The normalized spacial score (nSPS) is 15.9. The van der Waals surface area contributed by atoms with E-state index < -0.39 is 17.6 Å². The molecule has 0 aromatic heterocycles. The number of rotatable bonds is 6. The highest BCUT2D eigenvalue weighted by Crippen LogP contribution is 2.32. The third-order valence-corrected chi connectivity index (χ3v) is 6.16. The van der Waals surface area contributed by atoms with Gasteiger partial charge in [0.25, 0.3) is 5.91 Å². The molecule has 0 spiro atoms. The van der Waals surface area contributed by atoms with Crippen molar-refractivity contribution < 1.29 is 32.3 Å². The lowest BCUT2D eigenvalue weighted by Crippen LogP contribution is -2.50. The SMILES string of the molecule is O=C1CCc2cc(OCCCC(=O)N3CCN(C(=O)c4ccccc4C(F)(F)F)CC3)ccc2N1. The van der Waals surface area contributed by atoms with E-state index in [-0.39, 0.29) is 50.0 Å². The molecular weight excluding hydrogens is 463 g/mol. The minimum Gasteiger partial charge on any atom is -0.494 e. The molecule has 0 atom stereocenters. The maximum absolute atomic E-state index is 13.2. The van der Waals surface area contributed by atoms with Gasteiger partial charge in [-0.2, -0.15) is 13.2 Å². The van der Waals surface area contributed by atoms with E-state index in [0.29, 0.717) is 31.6 Å². The summed E-state index contributed by atoms with van der Waals surface area (Å²) in [6, 6.07) is 10.2. The van der Waals surface area contributed by atoms with Crippen molar-refractivity contribution in [2.45, 2.75) is 31.9 Å². The van der Waals surface area contributed by atoms with Gasteiger partial charge < -0.3 is 19.9 Å². The van der Waals surface area contributed by atoms with Crippen molar-refractivity contribution in [3.63, 3.8) is 0 Å². The van der Waals surface area contributed by atoms with E-state index in [1.165, 1.54) is 23.1 Å². The van der Waals surface area contributed by atoms with Crippen LogP contribution in [0, 0.1) is 0 Å². The largest absolute Gasteiger partial charge is 0.494 e. The van der Waals surface area contributed by atoms with Crippen LogP contribution in [0.1, 0.15) is 40.7 Å². The number of benzene rings is 2. The third kappa shape index (κ3) is 5.93. The average Bonchev–Trinajstić information content (AvgIpc) is 2.85. The average molecular weight is 489 g/mol. The summed E-state index contributed by atoms with van der Waals surface area (Å²) in [4.78, 5) is 39.6. The highest BCUT2D eigenvalue weighted by molar-refractivity contribution is 5.96. The van der Waals surface area contributed by atoms with Gasteiger partial charge in [0.1, 0.15) is 5.75 Å². The van der Waals surface area contributed by atoms with E-state index in [0.717, 1.165) is 17.3 Å². The summed E-state index contributed by atoms with van der Waals surface area (Å²) in [6.07, 6.45) is -2.73. The molecule has 1 fully saturated rings. The van der Waals surface area contributed by atoms with Crippen LogP contribution in [0.3, 0.4) is 0 Å². The van der Waals surface area contributed by atoms with Crippen LogP contribution in [0.5, 0.6) is 5.75 Å². The number of piperazine rings is 1. The number of hydrogen-bond acceptors (Lipinski definition) is 4. The fourth-order valence-corrected chi connectivity index (χ4v) is 4.27. The molecule has 0 aliphatic carbocycles. The molecule has 0 radical (unpaired) electrons. The number of alkyl halides is 3. The van der Waals surface area contributed by atoms with E-state index in [9.17, 15) is 27.6 Å². The highest BCUT2D eigenvalue weighted by Gasteiger charge is 2.36. The second kappa shape index (κ2) is 10.4. The molecule has 186 valence electrons. The van der Waals surface area contributed by atoms with E-state index in [2.05, 4.69) is 5.32 Å². The molecule has 3 amide bonds. The van der Waals surface area contributed by atoms with Crippen LogP contribution in [0.15, 0.2) is 42.5 Å². The Morgan fingerprint density at radius 1 is 0.971 bits per heavy atom. The second-order valence-corrected chi connectivity index (χ2v) is 8.54. The Balaban J connectivity index is 1.21. The molecule has 2 aliphatic rings. The number of amides is 3. The molecule has 35 heavy (non-hydrogen) atoms. The molecule has 1 N–H and O–H groups in total. The number of nitrogens with one attached hydrogen (secondary N) is 1. The van der Waals surface area contributed by atoms with Gasteiger partial charge in [-0.3, -0.25) is 14.4 Å². The van der Waals surface area contributed by atoms with Gasteiger partial charge in [0.2, 0.25) is 11.8 Å². The standard InChI is InChI=1S/C25H26F3N3O4/c26-25(27,28)20-5-2-1-4-19(20)24(34)31-13-11-30(12-14-31)23(33)6-3-15-35-18-8-9-21-17(16-18)7-10-22(32)29-21/h1-2,4-5,8-9,16H,3,6-7,10-15H2,(H,29,32). The zero-order chi connectivity index (χ0) is 25.0. The summed E-state index contributed by atoms with van der Waals surface area (Å²) >= 11 is 0. The molecular formula is C25H26F3N3O4. The fraction of sp³-hybridized carbons (Fsp3) is 0.400. The molecule has 10 heteroatoms. The summed E-state index contributed by atoms with van der Waals surface area (Å²) in [5.41, 5.74) is 0.486. The fourth-order valence-electron chi connectivity index (χ4n) is 4.27. The first-order valence-electron chi connectivity index (χ1n) is 11.5. The van der Waals surface area contributed by atoms with Crippen LogP contribution in [0.4, 0.5) is 18.9 Å². The van der Waals surface area contributed by atoms with E-state index in [1.54, 1.807) is 17.0 Å². The van der Waals surface area contributed by atoms with Crippen molar-refractivity contribution in [2.24, 2.45) is 0 Å². The van der Waals surface area contributed by atoms with Gasteiger partial charge in [0, 0.05) is 44.7 Å². The second-order valence-electron chi connectivity index (χ2n) is 8.54. The number of halogens is 3. The number of ether oxygens (including phenoxy) is 1. The van der Waals surface area contributed by atoms with Crippen LogP contribution in [-0.4, -0.2) is 60.3 Å². The molecule has 1 saturated heterocycles. The number of aryl methyl sites for hydroxylation is 1. The van der Waals surface area contributed by atoms with Gasteiger partial charge in [0.05, 0.1) is 17.7 Å². The topological polar surface area (TPSA) is 79.0 Å². The first kappa shape index (κ1) is 24.6. The number of carbonyl (C=O) groups is 3. The monoisotopic (exact) mass is 489 g/mol. The molecule has 0 bridgehead atoms. The summed E-state index contributed by atoms with van der Waals surface area (Å²) in [5.74, 6) is -0.0767. The smallest absolute Gasteiger partial charge is 0.417 e. The van der Waals surface area contributed by atoms with Crippen molar-refractivity contribution in [1.82, 2.24) is 9.80 Å². The minimum absolute atomic E-state index is 0.000929. The van der Waals surface area contributed by atoms with Crippen molar-refractivity contribution in [1.29, 1.82) is 0 Å². The quantitative estimate of drug-likeness (QED) is 0.628. The van der Waals surface area contributed by atoms with Gasteiger partial charge in [-0.1, -0.05) is 12.1 Å². The van der Waals surface area contributed by atoms with Crippen LogP contribution in [0.25, 0.3) is 0 Å². The predicted octanol–water partition coefficient (Wildman–Crippen LogP) is 3.73. The Labute approximate surface area is 200 Å². The summed E-state index contributed by atoms with van der Waals surface area (Å²) in [5, 5.41) is 2.82. The third-order valence-electron chi connectivity index (χ3n) is 6.16. The van der Waals surface area contributed by atoms with Gasteiger partial charge >= 0.3 is 6.18 Å². The van der Waals surface area contributed by atoms with E-state index >= 15 is 0 Å². The Morgan fingerprint density at radius 2 is 1.69 bits per heavy atom. The highest BCUT2D eigenvalue weighted by atomic mass is 19.4. The summed E-state index contributed by atoms with van der Waals surface area (Å²) in [7, 11) is 0. The lowest BCUT2D eigenvalue weighted by molar-refractivity contribution is -0.138. The maximum atomic E-state index is 13.2. The summed E-state index contributed by atoms with van der Waals surface area (Å²) < 4.78 is 45.5. The molecule has 0 saturated carbocycles. The lowest BCUT2D eigenvalue weighted by Gasteiger charge is -2.35. The first-order chi connectivity index (χ1) is 16.7. The van der Waals surface area contributed by atoms with E-state index in [1.807, 2.05) is 6.07 Å². The zero-order valence-corrected chi connectivity index (χ0v) is 19.1. The van der Waals surface area contributed by atoms with Crippen LogP contribution in [0.2, 0.25) is 0 Å². The van der Waals surface area contributed by atoms with Crippen molar-refractivity contribution in [3.05, 3.63) is 59.2 Å². The zero-order valence-electron chi connectivity index (χ0n) is 19.1. The Bertz CT molecular complexity index is 1110. The molecule has 2 aliphatic heterocycles. The van der Waals surface area contributed by atoms with Gasteiger partial charge in [-0.25, -0.2) is 0 Å². The minimum atomic E-state index is -4.61. The molecule has 4 rings (SSSR count). The Kier molecular flexibility index (Phi) is 7.28. The van der Waals surface area contributed by atoms with Gasteiger partial charge in [0.15, 0.2) is 0 Å². The van der Waals surface area contributed by atoms with Crippen LogP contribution in [-0.2, 0) is 22.2 Å². The molecule has 2 aromatic carbocycles. The van der Waals surface area contributed by atoms with Crippen molar-refractivity contribution >= 4 is 23.4 Å². The first-order valence-corrected chi connectivity index (χ1v) is 11.5. The predicted molar refractivity (Wildman–Crippen MR) is 122 cm³/mol. The number of hydrogen-bond donors (Lipinski definition) is 1. The number of nitrogens with zero attached hydrogens (tertiary/aromatic N) is 2. The number of fused-ring (bicyclic) bond motifs is 1. The maximum Gasteiger partial charge on any atom is 0.417 e. The van der Waals surface area contributed by atoms with Crippen molar-refractivity contribution in [2.75, 3.05) is 38.1 Å². The number of anilines is 1. The van der Waals surface area contributed by atoms with Gasteiger partial charge in [-0.15, -0.1) is 0 Å². The Hall–Kier alpha value is -3.56. The lowest BCUT2D eigenvalue weighted by atomic mass is 10.0. The van der Waals surface area contributed by atoms with Gasteiger partial charge in [-0.05, 0) is 48.7 Å². The molecule has 7 nitrogen and oxygen atoms in total. The molecule has 2 aromatic rings. The Morgan fingerprint density at radius 3 is 2.43 bits per heavy atom. The number of carbonyl (C=O) groups excluding carboxylic acids is 3. The molecule has 0 unspecified atom stereocenters. The van der Waals surface area contributed by atoms with Crippen molar-refractivity contribution in [3.8, 4) is 5.75 Å². The molecule has 2 heterocycles. The van der Waals surface area contributed by atoms with E-state index in [4.69, 9.17) is 4.74 Å². The van der Waals surface area contributed by atoms with Crippen LogP contribution < -0.4 is 10.1 Å².